The minimum absolute atomic E-state index is 0.0814. The molecule has 2 aliphatic rings. The molecule has 1 aliphatic carbocycles. The monoisotopic (exact) mass is 322 g/mol. The van der Waals surface area contributed by atoms with E-state index >= 15 is 0 Å². The van der Waals surface area contributed by atoms with E-state index in [1.165, 1.54) is 19.3 Å². The molecule has 1 saturated carbocycles. The van der Waals surface area contributed by atoms with Gasteiger partial charge in [-0.15, -0.1) is 4.91 Å². The van der Waals surface area contributed by atoms with Gasteiger partial charge in [-0.1, -0.05) is 31.4 Å². The van der Waals surface area contributed by atoms with Gasteiger partial charge in [-0.2, -0.15) is 0 Å². The molecule has 126 valence electrons. The highest BCUT2D eigenvalue weighted by molar-refractivity contribution is 6.45. The minimum atomic E-state index is -1.22. The number of rotatable bonds is 5. The molecule has 0 saturated heterocycles. The lowest BCUT2D eigenvalue weighted by molar-refractivity contribution is -0.123. The molecule has 0 aromatic carbocycles. The van der Waals surface area contributed by atoms with E-state index in [-0.39, 0.29) is 12.3 Å². The molecule has 2 N–H and O–H groups in total. The molecule has 0 aromatic heterocycles. The van der Waals surface area contributed by atoms with E-state index in [1.54, 1.807) is 12.2 Å². The zero-order valence-corrected chi connectivity index (χ0v) is 13.1. The Morgan fingerprint density at radius 2 is 2.00 bits per heavy atom. The van der Waals surface area contributed by atoms with E-state index in [4.69, 9.17) is 4.65 Å². The van der Waals surface area contributed by atoms with E-state index in [1.807, 2.05) is 0 Å². The van der Waals surface area contributed by atoms with Crippen LogP contribution in [0.2, 0.25) is 0 Å². The molecule has 23 heavy (non-hydrogen) atoms. The molecule has 0 bridgehead atoms. The van der Waals surface area contributed by atoms with Crippen molar-refractivity contribution in [2.45, 2.75) is 63.4 Å². The molecule has 0 aromatic rings. The lowest BCUT2D eigenvalue weighted by atomic mass is 9.76. The van der Waals surface area contributed by atoms with Crippen LogP contribution in [0.1, 0.15) is 51.4 Å². The third-order valence-corrected chi connectivity index (χ3v) is 4.42. The molecule has 1 fully saturated rings. The van der Waals surface area contributed by atoms with Crippen molar-refractivity contribution >= 4 is 18.9 Å². The first-order valence-electron chi connectivity index (χ1n) is 8.24. The number of amides is 2. The van der Waals surface area contributed by atoms with Crippen molar-refractivity contribution in [3.63, 3.8) is 0 Å². The normalized spacial score (nSPS) is 25.7. The molecule has 1 heterocycles. The Labute approximate surface area is 136 Å². The molecule has 1 aliphatic heterocycles. The van der Waals surface area contributed by atoms with Gasteiger partial charge in [0.25, 0.3) is 5.91 Å². The summed E-state index contributed by atoms with van der Waals surface area (Å²) in [7, 11) is -1.22. The number of nitroso groups, excluding NO2 is 1. The zero-order valence-electron chi connectivity index (χ0n) is 13.1. The van der Waals surface area contributed by atoms with E-state index < -0.39 is 25.1 Å². The molecule has 2 amide bonds. The minimum Gasteiger partial charge on any atom is -0.426 e. The summed E-state index contributed by atoms with van der Waals surface area (Å²) in [4.78, 5) is 33.3. The first-order valence-corrected chi connectivity index (χ1v) is 8.24. The van der Waals surface area contributed by atoms with Gasteiger partial charge in [-0.05, 0) is 25.2 Å². The Bertz CT molecular complexity index is 465. The number of hydrogen-bond donors (Lipinski definition) is 2. The third-order valence-electron chi connectivity index (χ3n) is 4.42. The number of carbonyl (C=O) groups is 2. The number of nitrogens with one attached hydrogen (secondary N) is 1. The summed E-state index contributed by atoms with van der Waals surface area (Å²) in [6.45, 7) is 0. The Morgan fingerprint density at radius 3 is 2.70 bits per heavy atom. The van der Waals surface area contributed by atoms with Crippen LogP contribution in [0.4, 0.5) is 0 Å². The topological polar surface area (TPSA) is 105 Å². The van der Waals surface area contributed by atoms with Gasteiger partial charge in [0.15, 0.2) is 0 Å². The highest BCUT2D eigenvalue weighted by atomic mass is 16.5. The lowest BCUT2D eigenvalue weighted by Crippen LogP contribution is -2.48. The molecule has 0 spiro atoms. The molecule has 8 heteroatoms. The summed E-state index contributed by atoms with van der Waals surface area (Å²) in [5, 5.41) is 15.2. The average molecular weight is 322 g/mol. The molecular formula is C15H23BN2O5. The standard InChI is InChI=1S/C15H23BN2O5/c19-14(9-11-5-2-1-3-6-11)17-13-8-4-7-12(23-16(13)21)10-15(20)18-22/h4,7,11-13,21H,1-3,5-6,8-10H2,(H,17,19)/t12-,13?/m1/s1. The summed E-state index contributed by atoms with van der Waals surface area (Å²) in [5.41, 5.74) is 0. The first kappa shape index (κ1) is 17.8. The summed E-state index contributed by atoms with van der Waals surface area (Å²) in [6, 6.07) is 0. The van der Waals surface area contributed by atoms with Gasteiger partial charge in [-0.3, -0.25) is 9.59 Å². The van der Waals surface area contributed by atoms with Crippen molar-refractivity contribution in [2.75, 3.05) is 0 Å². The number of carbonyl (C=O) groups excluding carboxylic acids is 2. The van der Waals surface area contributed by atoms with Crippen LogP contribution < -0.4 is 5.32 Å². The van der Waals surface area contributed by atoms with Gasteiger partial charge < -0.3 is 15.0 Å². The van der Waals surface area contributed by atoms with Crippen LogP contribution in [0.3, 0.4) is 0 Å². The lowest BCUT2D eigenvalue weighted by Gasteiger charge is -2.23. The molecule has 0 radical (unpaired) electrons. The second-order valence-corrected chi connectivity index (χ2v) is 6.30. The fourth-order valence-electron chi connectivity index (χ4n) is 3.19. The number of hydrogen-bond acceptors (Lipinski definition) is 5. The quantitative estimate of drug-likeness (QED) is 0.453. The van der Waals surface area contributed by atoms with Gasteiger partial charge in [0.2, 0.25) is 5.91 Å². The van der Waals surface area contributed by atoms with Crippen LogP contribution >= 0.6 is 0 Å². The predicted molar refractivity (Wildman–Crippen MR) is 85.1 cm³/mol. The molecule has 1 unspecified atom stereocenters. The highest BCUT2D eigenvalue weighted by Crippen LogP contribution is 2.26. The zero-order chi connectivity index (χ0) is 16.7. The third kappa shape index (κ3) is 5.87. The second kappa shape index (κ2) is 8.93. The van der Waals surface area contributed by atoms with Gasteiger partial charge >= 0.3 is 7.12 Å². The Balaban J connectivity index is 1.81. The van der Waals surface area contributed by atoms with Crippen LogP contribution in [-0.2, 0) is 14.2 Å². The van der Waals surface area contributed by atoms with E-state index in [0.29, 0.717) is 18.8 Å². The molecule has 2 atom stereocenters. The largest absolute Gasteiger partial charge is 0.478 e. The maximum absolute atomic E-state index is 12.1. The summed E-state index contributed by atoms with van der Waals surface area (Å²) < 4.78 is 5.32. The summed E-state index contributed by atoms with van der Waals surface area (Å²) in [6.07, 6.45) is 9.10. The van der Waals surface area contributed by atoms with Crippen LogP contribution in [-0.4, -0.2) is 36.0 Å². The van der Waals surface area contributed by atoms with Gasteiger partial charge in [0.05, 0.1) is 18.5 Å². The first-order chi connectivity index (χ1) is 11.1. The smallest absolute Gasteiger partial charge is 0.426 e. The van der Waals surface area contributed by atoms with Gasteiger partial charge in [0.1, 0.15) is 0 Å². The summed E-state index contributed by atoms with van der Waals surface area (Å²) >= 11 is 0. The fourth-order valence-corrected chi connectivity index (χ4v) is 3.19. The second-order valence-electron chi connectivity index (χ2n) is 6.30. The predicted octanol–water partition coefficient (Wildman–Crippen LogP) is 1.49. The Kier molecular flexibility index (Phi) is 6.92. The van der Waals surface area contributed by atoms with Gasteiger partial charge in [-0.25, -0.2) is 0 Å². The van der Waals surface area contributed by atoms with Crippen LogP contribution in [0.5, 0.6) is 0 Å². The van der Waals surface area contributed by atoms with Crippen LogP contribution in [0.25, 0.3) is 0 Å². The Morgan fingerprint density at radius 1 is 1.26 bits per heavy atom. The van der Waals surface area contributed by atoms with Crippen LogP contribution in [0.15, 0.2) is 17.3 Å². The maximum Gasteiger partial charge on any atom is 0.478 e. The van der Waals surface area contributed by atoms with Crippen LogP contribution in [0, 0.1) is 10.8 Å². The Hall–Kier alpha value is -1.54. The highest BCUT2D eigenvalue weighted by Gasteiger charge is 2.33. The fraction of sp³-hybridized carbons (Fsp3) is 0.733. The SMILES string of the molecule is O=NC(=O)C[C@H]1C=CCC(NC(=O)CC2CCCCC2)B(O)O1. The van der Waals surface area contributed by atoms with Crippen molar-refractivity contribution in [2.24, 2.45) is 11.1 Å². The van der Waals surface area contributed by atoms with Crippen molar-refractivity contribution in [3.8, 4) is 0 Å². The van der Waals surface area contributed by atoms with Crippen molar-refractivity contribution < 1.29 is 19.3 Å². The summed E-state index contributed by atoms with van der Waals surface area (Å²) in [5.74, 6) is -1.03. The molecular weight excluding hydrogens is 299 g/mol. The van der Waals surface area contributed by atoms with Crippen molar-refractivity contribution in [1.29, 1.82) is 0 Å². The molecule has 2 rings (SSSR count). The van der Waals surface area contributed by atoms with E-state index in [9.17, 15) is 19.5 Å². The molecule has 7 nitrogen and oxygen atoms in total. The van der Waals surface area contributed by atoms with E-state index in [2.05, 4.69) is 10.5 Å². The average Bonchev–Trinajstić information content (AvgIpc) is 2.70. The van der Waals surface area contributed by atoms with Crippen molar-refractivity contribution in [1.82, 2.24) is 5.32 Å². The van der Waals surface area contributed by atoms with E-state index in [0.717, 1.165) is 12.8 Å². The maximum atomic E-state index is 12.1. The number of nitrogens with zero attached hydrogens (tertiary/aromatic N) is 1. The van der Waals surface area contributed by atoms with Crippen molar-refractivity contribution in [3.05, 3.63) is 17.1 Å². The van der Waals surface area contributed by atoms with Gasteiger partial charge in [0, 0.05) is 11.6 Å².